The normalized spacial score (nSPS) is 14.4. The van der Waals surface area contributed by atoms with Crippen LogP contribution in [0.5, 0.6) is 0 Å². The molecule has 0 bridgehead atoms. The molecule has 4 N–H and O–H groups in total. The van der Waals surface area contributed by atoms with Gasteiger partial charge in [0.05, 0.1) is 16.4 Å². The molecule has 0 aliphatic heterocycles. The lowest BCUT2D eigenvalue weighted by atomic mass is 9.90. The van der Waals surface area contributed by atoms with Crippen LogP contribution in [-0.2, 0) is 14.6 Å². The van der Waals surface area contributed by atoms with Crippen molar-refractivity contribution >= 4 is 21.5 Å². The van der Waals surface area contributed by atoms with Crippen LogP contribution in [0.3, 0.4) is 0 Å². The molecule has 0 fully saturated rings. The minimum atomic E-state index is -3.28. The maximum absolute atomic E-state index is 11.7. The molecule has 0 aromatic heterocycles. The number of sulfone groups is 1. The molecule has 1 unspecified atom stereocenters. The molecule has 1 aromatic rings. The molecule has 0 heterocycles. The first kappa shape index (κ1) is 16.3. The summed E-state index contributed by atoms with van der Waals surface area (Å²) in [6.07, 6.45) is 0. The van der Waals surface area contributed by atoms with Gasteiger partial charge in [0.25, 0.3) is 0 Å². The predicted octanol–water partition coefficient (Wildman–Crippen LogP) is 0.311. The zero-order valence-corrected chi connectivity index (χ0v) is 12.5. The largest absolute Gasteiger partial charge is 0.357 e. The highest BCUT2D eigenvalue weighted by molar-refractivity contribution is 7.91. The van der Waals surface area contributed by atoms with Crippen LogP contribution < -0.4 is 11.1 Å². The Kier molecular flexibility index (Phi) is 4.67. The van der Waals surface area contributed by atoms with Crippen LogP contribution in [-0.4, -0.2) is 38.4 Å². The van der Waals surface area contributed by atoms with E-state index < -0.39 is 21.3 Å². The van der Waals surface area contributed by atoms with Gasteiger partial charge in [-0.15, -0.1) is 0 Å². The van der Waals surface area contributed by atoms with Crippen molar-refractivity contribution in [2.45, 2.75) is 24.3 Å². The molecule has 6 nitrogen and oxygen atoms in total. The molecule has 7 heteroatoms. The van der Waals surface area contributed by atoms with Crippen LogP contribution in [0.4, 0.5) is 0 Å². The first-order valence-electron chi connectivity index (χ1n) is 6.10. The summed E-state index contributed by atoms with van der Waals surface area (Å²) in [5, 5.41) is 10.4. The number of carbonyl (C=O) groups is 1. The highest BCUT2D eigenvalue weighted by atomic mass is 32.2. The molecule has 1 atom stereocenters. The van der Waals surface area contributed by atoms with Gasteiger partial charge in [0.15, 0.2) is 9.84 Å². The van der Waals surface area contributed by atoms with Gasteiger partial charge in [-0.2, -0.15) is 0 Å². The zero-order chi connectivity index (χ0) is 15.6. The van der Waals surface area contributed by atoms with E-state index in [-0.39, 0.29) is 16.4 Å². The van der Waals surface area contributed by atoms with Gasteiger partial charge in [0.2, 0.25) is 5.91 Å². The Morgan fingerprint density at radius 2 is 1.85 bits per heavy atom. The van der Waals surface area contributed by atoms with E-state index in [1.54, 1.807) is 6.92 Å². The van der Waals surface area contributed by atoms with Gasteiger partial charge in [0, 0.05) is 7.05 Å². The lowest BCUT2D eigenvalue weighted by Crippen LogP contribution is -2.56. The van der Waals surface area contributed by atoms with Crippen LogP contribution in [0.15, 0.2) is 29.2 Å². The number of nitrogens with one attached hydrogen (secondary N) is 2. The Labute approximate surface area is 118 Å². The lowest BCUT2D eigenvalue weighted by molar-refractivity contribution is -0.123. The molecule has 0 saturated heterocycles. The Bertz CT molecular complexity index is 619. The van der Waals surface area contributed by atoms with Crippen molar-refractivity contribution in [2.75, 3.05) is 12.8 Å². The summed E-state index contributed by atoms with van der Waals surface area (Å²) in [4.78, 5) is 11.8. The number of likely N-dealkylation sites (N-methyl/N-ethyl adjacent to an activating group) is 1. The number of hydrogen-bond acceptors (Lipinski definition) is 5. The smallest absolute Gasteiger partial charge is 0.245 e. The first-order valence-corrected chi connectivity index (χ1v) is 7.75. The summed E-state index contributed by atoms with van der Waals surface area (Å²) in [7, 11) is -1.84. The lowest BCUT2D eigenvalue weighted by Gasteiger charge is -2.23. The van der Waals surface area contributed by atoms with E-state index in [1.807, 2.05) is 0 Å². The Hall–Kier alpha value is -1.73. The van der Waals surface area contributed by atoms with Gasteiger partial charge in [-0.3, -0.25) is 4.79 Å². The van der Waals surface area contributed by atoms with Gasteiger partial charge in [-0.05, 0) is 24.6 Å². The van der Waals surface area contributed by atoms with Crippen molar-refractivity contribution < 1.29 is 13.2 Å². The third-order valence-electron chi connectivity index (χ3n) is 3.10. The Balaban J connectivity index is 3.12. The SMILES string of the molecule is CCS(=O)(=O)c1ccc(C(=N)C(C)(N)C(=O)NC)cc1. The first-order chi connectivity index (χ1) is 9.16. The van der Waals surface area contributed by atoms with Crippen LogP contribution >= 0.6 is 0 Å². The fraction of sp³-hybridized carbons (Fsp3) is 0.385. The van der Waals surface area contributed by atoms with Crippen molar-refractivity contribution in [3.05, 3.63) is 29.8 Å². The topological polar surface area (TPSA) is 113 Å². The average Bonchev–Trinajstić information content (AvgIpc) is 2.45. The summed E-state index contributed by atoms with van der Waals surface area (Å²) in [6, 6.07) is 5.81. The van der Waals surface area contributed by atoms with Crippen molar-refractivity contribution in [3.8, 4) is 0 Å². The van der Waals surface area contributed by atoms with Gasteiger partial charge in [-0.25, -0.2) is 8.42 Å². The van der Waals surface area contributed by atoms with Crippen molar-refractivity contribution in [1.29, 1.82) is 5.41 Å². The van der Waals surface area contributed by atoms with Crippen molar-refractivity contribution in [2.24, 2.45) is 5.73 Å². The third-order valence-corrected chi connectivity index (χ3v) is 4.85. The summed E-state index contributed by atoms with van der Waals surface area (Å²) < 4.78 is 23.4. The average molecular weight is 297 g/mol. The standard InChI is InChI=1S/C13H19N3O3S/c1-4-20(18,19)10-7-5-9(6-8-10)11(14)13(2,15)12(17)16-3/h5-8,14H,4,15H2,1-3H3,(H,16,17). The summed E-state index contributed by atoms with van der Waals surface area (Å²) in [5.74, 6) is -0.468. The highest BCUT2D eigenvalue weighted by Crippen LogP contribution is 2.16. The van der Waals surface area contributed by atoms with E-state index in [2.05, 4.69) is 5.32 Å². The van der Waals surface area contributed by atoms with Gasteiger partial charge in [-0.1, -0.05) is 19.1 Å². The van der Waals surface area contributed by atoms with E-state index in [0.29, 0.717) is 5.56 Å². The van der Waals surface area contributed by atoms with E-state index in [4.69, 9.17) is 11.1 Å². The molecular formula is C13H19N3O3S. The molecule has 110 valence electrons. The number of nitrogens with two attached hydrogens (primary N) is 1. The van der Waals surface area contributed by atoms with Crippen molar-refractivity contribution in [1.82, 2.24) is 5.32 Å². The fourth-order valence-corrected chi connectivity index (χ4v) is 2.55. The second-order valence-corrected chi connectivity index (χ2v) is 6.86. The summed E-state index contributed by atoms with van der Waals surface area (Å²) in [5.41, 5.74) is 4.71. The second-order valence-electron chi connectivity index (χ2n) is 4.58. The molecule has 1 amide bonds. The van der Waals surface area contributed by atoms with Crippen LogP contribution in [0.25, 0.3) is 0 Å². The Morgan fingerprint density at radius 1 is 1.35 bits per heavy atom. The second kappa shape index (κ2) is 5.72. The third kappa shape index (κ3) is 3.05. The van der Waals surface area contributed by atoms with E-state index in [1.165, 1.54) is 38.2 Å². The van der Waals surface area contributed by atoms with Crippen LogP contribution in [0.2, 0.25) is 0 Å². The number of benzene rings is 1. The summed E-state index contributed by atoms with van der Waals surface area (Å²) >= 11 is 0. The highest BCUT2D eigenvalue weighted by Gasteiger charge is 2.33. The zero-order valence-electron chi connectivity index (χ0n) is 11.7. The molecule has 0 aliphatic carbocycles. The minimum Gasteiger partial charge on any atom is -0.357 e. The monoisotopic (exact) mass is 297 g/mol. The maximum Gasteiger partial charge on any atom is 0.245 e. The van der Waals surface area contributed by atoms with E-state index in [0.717, 1.165) is 0 Å². The van der Waals surface area contributed by atoms with Crippen LogP contribution in [0.1, 0.15) is 19.4 Å². The quantitative estimate of drug-likeness (QED) is 0.679. The maximum atomic E-state index is 11.7. The molecule has 1 rings (SSSR count). The molecule has 0 radical (unpaired) electrons. The van der Waals surface area contributed by atoms with Crippen LogP contribution in [0, 0.1) is 5.41 Å². The molecule has 0 spiro atoms. The fourth-order valence-electron chi connectivity index (χ4n) is 1.67. The molecular weight excluding hydrogens is 278 g/mol. The predicted molar refractivity (Wildman–Crippen MR) is 77.7 cm³/mol. The minimum absolute atomic E-state index is 0.0106. The molecule has 0 aliphatic rings. The number of rotatable bonds is 5. The van der Waals surface area contributed by atoms with Gasteiger partial charge < -0.3 is 16.5 Å². The summed E-state index contributed by atoms with van der Waals surface area (Å²) in [6.45, 7) is 3.00. The van der Waals surface area contributed by atoms with Gasteiger partial charge >= 0.3 is 0 Å². The van der Waals surface area contributed by atoms with E-state index >= 15 is 0 Å². The molecule has 0 saturated carbocycles. The van der Waals surface area contributed by atoms with E-state index in [9.17, 15) is 13.2 Å². The Morgan fingerprint density at radius 3 is 2.25 bits per heavy atom. The molecule has 1 aromatic carbocycles. The van der Waals surface area contributed by atoms with Gasteiger partial charge in [0.1, 0.15) is 5.54 Å². The molecule has 20 heavy (non-hydrogen) atoms. The van der Waals surface area contributed by atoms with Crippen molar-refractivity contribution in [3.63, 3.8) is 0 Å². The number of carbonyl (C=O) groups excluding carboxylic acids is 1. The number of hydrogen-bond donors (Lipinski definition) is 3. The number of amides is 1.